The van der Waals surface area contributed by atoms with Gasteiger partial charge in [-0.1, -0.05) is 76.9 Å². The van der Waals surface area contributed by atoms with Gasteiger partial charge in [-0.15, -0.1) is 0 Å². The molecule has 0 aliphatic rings. The molecule has 216 valence electrons. The standard InChI is InChI=1S/C30H55NO6/c1-5-6-7-8-9-10-11-12-13-14-15-16-17-18-19-20-21-31(22-25(2)28(32)33,23-26(3)29(34)35)24-27(4)30(36)37/h6-7,25-27H,5,8-24H2,1-4H3,(H2-,32,33,34,35,36,37)/p+1/b7-6+. The van der Waals surface area contributed by atoms with Crippen LogP contribution in [-0.4, -0.2) is 63.9 Å². The third-order valence-corrected chi connectivity index (χ3v) is 7.40. The minimum Gasteiger partial charge on any atom is -0.481 e. The van der Waals surface area contributed by atoms with E-state index in [1.54, 1.807) is 20.8 Å². The second-order valence-electron chi connectivity index (χ2n) is 11.2. The molecule has 3 atom stereocenters. The van der Waals surface area contributed by atoms with Crippen molar-refractivity contribution in [3.05, 3.63) is 12.2 Å². The van der Waals surface area contributed by atoms with Gasteiger partial charge in [0.15, 0.2) is 0 Å². The topological polar surface area (TPSA) is 112 Å². The van der Waals surface area contributed by atoms with Crippen LogP contribution in [0.3, 0.4) is 0 Å². The molecule has 0 spiro atoms. The van der Waals surface area contributed by atoms with Gasteiger partial charge < -0.3 is 19.8 Å². The number of quaternary nitrogens is 1. The summed E-state index contributed by atoms with van der Waals surface area (Å²) in [5.41, 5.74) is 0. The monoisotopic (exact) mass is 526 g/mol. The van der Waals surface area contributed by atoms with E-state index in [9.17, 15) is 29.7 Å². The lowest BCUT2D eigenvalue weighted by molar-refractivity contribution is -0.934. The highest BCUT2D eigenvalue weighted by Gasteiger charge is 2.38. The number of carbonyl (C=O) groups is 3. The van der Waals surface area contributed by atoms with Crippen LogP contribution in [0.15, 0.2) is 12.2 Å². The van der Waals surface area contributed by atoms with Crippen molar-refractivity contribution in [1.29, 1.82) is 0 Å². The van der Waals surface area contributed by atoms with E-state index in [0.29, 0.717) is 6.54 Å². The summed E-state index contributed by atoms with van der Waals surface area (Å²) in [6, 6.07) is 0. The van der Waals surface area contributed by atoms with Gasteiger partial charge in [-0.3, -0.25) is 14.4 Å². The first-order valence-corrected chi connectivity index (χ1v) is 14.7. The quantitative estimate of drug-likeness (QED) is 0.0670. The molecule has 7 heteroatoms. The number of rotatable bonds is 25. The zero-order chi connectivity index (χ0) is 28.1. The maximum atomic E-state index is 11.6. The maximum absolute atomic E-state index is 11.6. The Hall–Kier alpha value is -1.89. The zero-order valence-electron chi connectivity index (χ0n) is 24.1. The van der Waals surface area contributed by atoms with Crippen molar-refractivity contribution in [2.75, 3.05) is 26.2 Å². The van der Waals surface area contributed by atoms with Crippen LogP contribution in [0.5, 0.6) is 0 Å². The van der Waals surface area contributed by atoms with Gasteiger partial charge in [-0.05, 0) is 52.9 Å². The number of allylic oxidation sites excluding steroid dienone is 2. The number of hydrogen-bond donors (Lipinski definition) is 3. The molecular weight excluding hydrogens is 470 g/mol. The highest BCUT2D eigenvalue weighted by Crippen LogP contribution is 2.22. The van der Waals surface area contributed by atoms with Gasteiger partial charge in [-0.25, -0.2) is 0 Å². The molecule has 0 heterocycles. The first kappa shape index (κ1) is 35.1. The fourth-order valence-electron chi connectivity index (χ4n) is 5.24. The minimum absolute atomic E-state index is 0.225. The maximum Gasteiger partial charge on any atom is 0.311 e. The molecule has 0 rings (SSSR count). The van der Waals surface area contributed by atoms with E-state index in [4.69, 9.17) is 0 Å². The normalized spacial score (nSPS) is 15.8. The van der Waals surface area contributed by atoms with Crippen LogP contribution in [0.25, 0.3) is 0 Å². The summed E-state index contributed by atoms with van der Waals surface area (Å²) in [5, 5.41) is 28.5. The molecule has 0 saturated carbocycles. The predicted molar refractivity (Wildman–Crippen MR) is 150 cm³/mol. The lowest BCUT2D eigenvalue weighted by Gasteiger charge is -2.42. The lowest BCUT2D eigenvalue weighted by atomic mass is 10.00. The first-order chi connectivity index (χ1) is 17.5. The Morgan fingerprint density at radius 3 is 1.22 bits per heavy atom. The van der Waals surface area contributed by atoms with E-state index in [0.717, 1.165) is 25.7 Å². The van der Waals surface area contributed by atoms with E-state index in [-0.39, 0.29) is 24.1 Å². The van der Waals surface area contributed by atoms with Crippen LogP contribution >= 0.6 is 0 Å². The van der Waals surface area contributed by atoms with Crippen molar-refractivity contribution in [2.24, 2.45) is 17.8 Å². The highest BCUT2D eigenvalue weighted by molar-refractivity contribution is 5.70. The third-order valence-electron chi connectivity index (χ3n) is 7.40. The average Bonchev–Trinajstić information content (AvgIpc) is 2.83. The van der Waals surface area contributed by atoms with E-state index >= 15 is 0 Å². The molecule has 0 bridgehead atoms. The number of carboxylic acids is 3. The Labute approximate surface area is 225 Å². The second kappa shape index (κ2) is 21.1. The van der Waals surface area contributed by atoms with Gasteiger partial charge in [0.2, 0.25) is 0 Å². The van der Waals surface area contributed by atoms with Crippen LogP contribution in [0, 0.1) is 17.8 Å². The number of unbranched alkanes of at least 4 members (excludes halogenated alkanes) is 12. The molecule has 0 aromatic heterocycles. The Morgan fingerprint density at radius 2 is 0.892 bits per heavy atom. The van der Waals surface area contributed by atoms with Gasteiger partial charge in [-0.2, -0.15) is 0 Å². The second-order valence-corrected chi connectivity index (χ2v) is 11.2. The van der Waals surface area contributed by atoms with Crippen molar-refractivity contribution in [1.82, 2.24) is 0 Å². The molecule has 37 heavy (non-hydrogen) atoms. The molecule has 7 nitrogen and oxygen atoms in total. The smallest absolute Gasteiger partial charge is 0.311 e. The highest BCUT2D eigenvalue weighted by atomic mass is 16.4. The summed E-state index contributed by atoms with van der Waals surface area (Å²) in [6.45, 7) is 8.40. The number of nitrogens with zero attached hydrogens (tertiary/aromatic N) is 1. The molecule has 0 aromatic carbocycles. The molecule has 0 saturated heterocycles. The predicted octanol–water partition coefficient (Wildman–Crippen LogP) is 7.00. The summed E-state index contributed by atoms with van der Waals surface area (Å²) in [4.78, 5) is 34.8. The molecule has 3 unspecified atom stereocenters. The first-order valence-electron chi connectivity index (χ1n) is 14.7. The minimum atomic E-state index is -0.933. The molecule has 0 aliphatic carbocycles. The molecule has 3 N–H and O–H groups in total. The van der Waals surface area contributed by atoms with Crippen molar-refractivity contribution in [3.8, 4) is 0 Å². The zero-order valence-corrected chi connectivity index (χ0v) is 24.1. The average molecular weight is 527 g/mol. The fraction of sp³-hybridized carbons (Fsp3) is 0.833. The molecule has 0 radical (unpaired) electrons. The van der Waals surface area contributed by atoms with Crippen molar-refractivity contribution < 1.29 is 34.2 Å². The Bertz CT molecular complexity index is 607. The molecule has 0 amide bonds. The van der Waals surface area contributed by atoms with E-state index in [1.165, 1.54) is 64.2 Å². The van der Waals surface area contributed by atoms with Gasteiger partial charge in [0, 0.05) is 0 Å². The molecule has 0 fully saturated rings. The van der Waals surface area contributed by atoms with Gasteiger partial charge >= 0.3 is 17.9 Å². The van der Waals surface area contributed by atoms with Crippen molar-refractivity contribution >= 4 is 17.9 Å². The molecule has 0 aromatic rings. The van der Waals surface area contributed by atoms with Crippen LogP contribution in [0.1, 0.15) is 118 Å². The van der Waals surface area contributed by atoms with Crippen LogP contribution in [-0.2, 0) is 14.4 Å². The largest absolute Gasteiger partial charge is 0.481 e. The number of aliphatic carboxylic acids is 3. The van der Waals surface area contributed by atoms with E-state index < -0.39 is 35.7 Å². The molecule has 0 aliphatic heterocycles. The summed E-state index contributed by atoms with van der Waals surface area (Å²) < 4.78 is 0.225. The van der Waals surface area contributed by atoms with Gasteiger partial charge in [0.1, 0.15) is 17.8 Å². The van der Waals surface area contributed by atoms with Crippen LogP contribution in [0.4, 0.5) is 0 Å². The lowest BCUT2D eigenvalue weighted by Crippen LogP contribution is -2.57. The Morgan fingerprint density at radius 1 is 0.568 bits per heavy atom. The van der Waals surface area contributed by atoms with Crippen molar-refractivity contribution in [2.45, 2.75) is 118 Å². The van der Waals surface area contributed by atoms with Crippen LogP contribution in [0.2, 0.25) is 0 Å². The summed E-state index contributed by atoms with van der Waals surface area (Å²) >= 11 is 0. The number of hydrogen-bond acceptors (Lipinski definition) is 3. The summed E-state index contributed by atoms with van der Waals surface area (Å²) in [7, 11) is 0. The third kappa shape index (κ3) is 18.1. The Balaban J connectivity index is 4.48. The fourth-order valence-corrected chi connectivity index (χ4v) is 5.24. The summed E-state index contributed by atoms with van der Waals surface area (Å²) in [6.07, 6.45) is 21.4. The van der Waals surface area contributed by atoms with Gasteiger partial charge in [0.25, 0.3) is 0 Å². The molecular formula is C30H56NO6+. The van der Waals surface area contributed by atoms with Crippen molar-refractivity contribution in [3.63, 3.8) is 0 Å². The van der Waals surface area contributed by atoms with Gasteiger partial charge in [0.05, 0.1) is 26.2 Å². The number of carboxylic acid groups (broad SMARTS) is 3. The van der Waals surface area contributed by atoms with Crippen LogP contribution < -0.4 is 0 Å². The SMILES string of the molecule is CC/C=C/CCCCCCCCCCCCCC[N+](CC(C)C(=O)O)(CC(C)C(=O)O)CC(C)C(=O)O. The summed E-state index contributed by atoms with van der Waals surface area (Å²) in [5.74, 6) is -4.80. The Kier molecular flexibility index (Phi) is 20.0. The van der Waals surface area contributed by atoms with E-state index in [2.05, 4.69) is 19.1 Å². The van der Waals surface area contributed by atoms with E-state index in [1.807, 2.05) is 0 Å².